The summed E-state index contributed by atoms with van der Waals surface area (Å²) in [6.07, 6.45) is 0. The molecule has 1 aromatic rings. The Kier molecular flexibility index (Phi) is 4.44. The molecule has 1 atom stereocenters. The second-order valence-corrected chi connectivity index (χ2v) is 5.23. The SMILES string of the molecule is CC(=O)OC1(COC(=O)c2ccccc2)OCCS1. The Morgan fingerprint density at radius 3 is 2.68 bits per heavy atom. The first-order valence-corrected chi connectivity index (χ1v) is 6.79. The van der Waals surface area contributed by atoms with E-state index in [0.717, 1.165) is 0 Å². The largest absolute Gasteiger partial charge is 0.454 e. The van der Waals surface area contributed by atoms with Gasteiger partial charge in [0.2, 0.25) is 0 Å². The number of thioether (sulfide) groups is 1. The van der Waals surface area contributed by atoms with Crippen molar-refractivity contribution < 1.29 is 23.8 Å². The van der Waals surface area contributed by atoms with Crippen LogP contribution in [0.2, 0.25) is 0 Å². The fraction of sp³-hybridized carbons (Fsp3) is 0.385. The van der Waals surface area contributed by atoms with Crippen LogP contribution in [0.5, 0.6) is 0 Å². The Balaban J connectivity index is 1.96. The maximum Gasteiger partial charge on any atom is 0.338 e. The average molecular weight is 282 g/mol. The number of carbonyl (C=O) groups is 2. The number of rotatable bonds is 4. The van der Waals surface area contributed by atoms with E-state index < -0.39 is 17.1 Å². The van der Waals surface area contributed by atoms with E-state index in [1.807, 2.05) is 6.07 Å². The molecule has 6 heteroatoms. The van der Waals surface area contributed by atoms with Crippen LogP contribution in [0, 0.1) is 0 Å². The van der Waals surface area contributed by atoms with Gasteiger partial charge in [-0.3, -0.25) is 4.79 Å². The zero-order chi connectivity index (χ0) is 13.7. The van der Waals surface area contributed by atoms with Gasteiger partial charge in [-0.05, 0) is 12.1 Å². The van der Waals surface area contributed by atoms with Gasteiger partial charge < -0.3 is 14.2 Å². The molecular formula is C13H14O5S. The maximum atomic E-state index is 11.8. The summed E-state index contributed by atoms with van der Waals surface area (Å²) in [4.78, 5) is 22.9. The summed E-state index contributed by atoms with van der Waals surface area (Å²) in [7, 11) is 0. The first-order chi connectivity index (χ1) is 9.11. The number of benzene rings is 1. The van der Waals surface area contributed by atoms with Crippen LogP contribution in [0.25, 0.3) is 0 Å². The van der Waals surface area contributed by atoms with Crippen LogP contribution in [-0.4, -0.2) is 36.0 Å². The van der Waals surface area contributed by atoms with Crippen molar-refractivity contribution in [3.05, 3.63) is 35.9 Å². The molecule has 19 heavy (non-hydrogen) atoms. The Morgan fingerprint density at radius 2 is 2.11 bits per heavy atom. The van der Waals surface area contributed by atoms with Gasteiger partial charge in [0, 0.05) is 12.7 Å². The highest BCUT2D eigenvalue weighted by molar-refractivity contribution is 8.00. The van der Waals surface area contributed by atoms with Crippen molar-refractivity contribution in [3.8, 4) is 0 Å². The minimum absolute atomic E-state index is 0.120. The Morgan fingerprint density at radius 1 is 1.37 bits per heavy atom. The van der Waals surface area contributed by atoms with E-state index in [-0.39, 0.29) is 6.61 Å². The standard InChI is InChI=1S/C13H14O5S/c1-10(14)18-13(17-7-8-19-13)9-16-12(15)11-5-3-2-4-6-11/h2-6H,7-9H2,1H3. The van der Waals surface area contributed by atoms with Gasteiger partial charge >= 0.3 is 11.9 Å². The number of carbonyl (C=O) groups excluding carboxylic acids is 2. The molecular weight excluding hydrogens is 268 g/mol. The molecule has 0 bridgehead atoms. The fourth-order valence-electron chi connectivity index (χ4n) is 1.64. The van der Waals surface area contributed by atoms with Crippen molar-refractivity contribution in [1.29, 1.82) is 0 Å². The maximum absolute atomic E-state index is 11.8. The van der Waals surface area contributed by atoms with Gasteiger partial charge in [0.05, 0.1) is 12.2 Å². The molecule has 1 aliphatic heterocycles. The molecule has 1 unspecified atom stereocenters. The fourth-order valence-corrected chi connectivity index (χ4v) is 2.60. The molecule has 0 radical (unpaired) electrons. The second-order valence-electron chi connectivity index (χ2n) is 3.92. The van der Waals surface area contributed by atoms with E-state index in [0.29, 0.717) is 17.9 Å². The average Bonchev–Trinajstić information content (AvgIpc) is 2.85. The summed E-state index contributed by atoms with van der Waals surface area (Å²) in [5.74, 6) is -0.246. The molecule has 0 aromatic heterocycles. The van der Waals surface area contributed by atoms with Crippen molar-refractivity contribution in [2.24, 2.45) is 0 Å². The third-order valence-electron chi connectivity index (χ3n) is 2.42. The minimum atomic E-state index is -1.20. The summed E-state index contributed by atoms with van der Waals surface area (Å²) in [5, 5.41) is -1.20. The lowest BCUT2D eigenvalue weighted by Crippen LogP contribution is -2.36. The van der Waals surface area contributed by atoms with Gasteiger partial charge in [0.15, 0.2) is 6.61 Å². The van der Waals surface area contributed by atoms with Crippen molar-refractivity contribution in [1.82, 2.24) is 0 Å². The van der Waals surface area contributed by atoms with Crippen LogP contribution < -0.4 is 0 Å². The van der Waals surface area contributed by atoms with Gasteiger partial charge in [-0.1, -0.05) is 30.0 Å². The van der Waals surface area contributed by atoms with Gasteiger partial charge in [0.1, 0.15) is 0 Å². The highest BCUT2D eigenvalue weighted by Crippen LogP contribution is 2.34. The molecule has 0 spiro atoms. The van der Waals surface area contributed by atoms with E-state index in [1.54, 1.807) is 24.3 Å². The number of esters is 2. The zero-order valence-corrected chi connectivity index (χ0v) is 11.3. The smallest absolute Gasteiger partial charge is 0.338 e. The summed E-state index contributed by atoms with van der Waals surface area (Å²) in [5.41, 5.74) is 0.448. The molecule has 0 aliphatic carbocycles. The van der Waals surface area contributed by atoms with Gasteiger partial charge in [0.25, 0.3) is 5.12 Å². The van der Waals surface area contributed by atoms with Crippen molar-refractivity contribution in [3.63, 3.8) is 0 Å². The third kappa shape index (κ3) is 3.71. The molecule has 0 N–H and O–H groups in total. The topological polar surface area (TPSA) is 61.8 Å². The normalized spacial score (nSPS) is 21.9. The van der Waals surface area contributed by atoms with Gasteiger partial charge in [-0.2, -0.15) is 0 Å². The molecule has 1 heterocycles. The van der Waals surface area contributed by atoms with E-state index in [2.05, 4.69) is 0 Å². The van der Waals surface area contributed by atoms with Crippen LogP contribution in [-0.2, 0) is 19.0 Å². The molecule has 0 saturated carbocycles. The Bertz CT molecular complexity index is 453. The van der Waals surface area contributed by atoms with E-state index in [9.17, 15) is 9.59 Å². The van der Waals surface area contributed by atoms with Crippen LogP contribution in [0.1, 0.15) is 17.3 Å². The molecule has 1 aromatic carbocycles. The molecule has 5 nitrogen and oxygen atoms in total. The van der Waals surface area contributed by atoms with E-state index in [1.165, 1.54) is 18.7 Å². The van der Waals surface area contributed by atoms with Crippen LogP contribution >= 0.6 is 11.8 Å². The van der Waals surface area contributed by atoms with Crippen LogP contribution in [0.4, 0.5) is 0 Å². The lowest BCUT2D eigenvalue weighted by molar-refractivity contribution is -0.193. The zero-order valence-electron chi connectivity index (χ0n) is 10.5. The summed E-state index contributed by atoms with van der Waals surface area (Å²) in [6.45, 7) is 1.63. The van der Waals surface area contributed by atoms with Crippen molar-refractivity contribution in [2.45, 2.75) is 12.0 Å². The van der Waals surface area contributed by atoms with E-state index >= 15 is 0 Å². The highest BCUT2D eigenvalue weighted by Gasteiger charge is 2.41. The van der Waals surface area contributed by atoms with Gasteiger partial charge in [-0.25, -0.2) is 4.79 Å². The summed E-state index contributed by atoms with van der Waals surface area (Å²) in [6, 6.07) is 8.62. The molecule has 2 rings (SSSR count). The van der Waals surface area contributed by atoms with Crippen molar-refractivity contribution >= 4 is 23.7 Å². The Hall–Kier alpha value is -1.53. The lowest BCUT2D eigenvalue weighted by Gasteiger charge is -2.25. The number of hydrogen-bond acceptors (Lipinski definition) is 6. The predicted molar refractivity (Wildman–Crippen MR) is 69.6 cm³/mol. The monoisotopic (exact) mass is 282 g/mol. The second kappa shape index (κ2) is 6.08. The third-order valence-corrected chi connectivity index (χ3v) is 3.55. The molecule has 0 amide bonds. The van der Waals surface area contributed by atoms with Gasteiger partial charge in [-0.15, -0.1) is 0 Å². The van der Waals surface area contributed by atoms with Crippen LogP contribution in [0.15, 0.2) is 30.3 Å². The number of hydrogen-bond donors (Lipinski definition) is 0. The quantitative estimate of drug-likeness (QED) is 0.785. The molecule has 1 saturated heterocycles. The lowest BCUT2D eigenvalue weighted by atomic mass is 10.2. The highest BCUT2D eigenvalue weighted by atomic mass is 32.2. The van der Waals surface area contributed by atoms with E-state index in [4.69, 9.17) is 14.2 Å². The predicted octanol–water partition coefficient (Wildman–Crippen LogP) is 1.82. The summed E-state index contributed by atoms with van der Waals surface area (Å²) >= 11 is 1.31. The first-order valence-electron chi connectivity index (χ1n) is 5.81. The molecule has 1 fully saturated rings. The molecule has 102 valence electrons. The summed E-state index contributed by atoms with van der Waals surface area (Å²) < 4.78 is 15.6. The first kappa shape index (κ1) is 13.9. The Labute approximate surface area is 115 Å². The molecule has 1 aliphatic rings. The van der Waals surface area contributed by atoms with Crippen LogP contribution in [0.3, 0.4) is 0 Å². The number of ether oxygens (including phenoxy) is 3. The minimum Gasteiger partial charge on any atom is -0.454 e. The van der Waals surface area contributed by atoms with Crippen molar-refractivity contribution in [2.75, 3.05) is 19.0 Å².